The van der Waals surface area contributed by atoms with E-state index in [-0.39, 0.29) is 11.8 Å². The van der Waals surface area contributed by atoms with Crippen molar-refractivity contribution in [3.8, 4) is 11.5 Å². The number of nitrogens with zero attached hydrogens (tertiary/aromatic N) is 1. The summed E-state index contributed by atoms with van der Waals surface area (Å²) in [6, 6.07) is 14.3. The van der Waals surface area contributed by atoms with Crippen molar-refractivity contribution in [1.29, 1.82) is 0 Å². The average molecular weight is 311 g/mol. The summed E-state index contributed by atoms with van der Waals surface area (Å²) >= 11 is 0. The van der Waals surface area contributed by atoms with Gasteiger partial charge in [0.15, 0.2) is 11.5 Å². The smallest absolute Gasteiger partial charge is 0.261 e. The molecule has 0 spiro atoms. The largest absolute Gasteiger partial charge is 0.493 e. The van der Waals surface area contributed by atoms with Gasteiger partial charge < -0.3 is 9.47 Å². The number of rotatable bonds is 6. The van der Waals surface area contributed by atoms with Gasteiger partial charge in [-0.2, -0.15) is 0 Å². The number of methoxy groups -OCH3 is 1. The van der Waals surface area contributed by atoms with Gasteiger partial charge in [-0.05, 0) is 30.7 Å². The summed E-state index contributed by atoms with van der Waals surface area (Å²) in [5, 5.41) is 0. The van der Waals surface area contributed by atoms with E-state index < -0.39 is 0 Å². The SMILES string of the molecule is COc1ccccc1OCCCN1C(=O)c2ccccc2C1=O. The third-order valence-corrected chi connectivity index (χ3v) is 3.73. The molecular weight excluding hydrogens is 294 g/mol. The topological polar surface area (TPSA) is 55.8 Å². The summed E-state index contributed by atoms with van der Waals surface area (Å²) in [6.45, 7) is 0.731. The van der Waals surface area contributed by atoms with Crippen LogP contribution in [-0.2, 0) is 0 Å². The molecule has 0 saturated carbocycles. The third kappa shape index (κ3) is 2.90. The molecule has 118 valence electrons. The van der Waals surface area contributed by atoms with E-state index in [1.807, 2.05) is 24.3 Å². The number of imide groups is 1. The lowest BCUT2D eigenvalue weighted by atomic mass is 10.1. The van der Waals surface area contributed by atoms with E-state index in [1.165, 1.54) is 4.90 Å². The zero-order chi connectivity index (χ0) is 16.2. The van der Waals surface area contributed by atoms with E-state index in [4.69, 9.17) is 9.47 Å². The van der Waals surface area contributed by atoms with Gasteiger partial charge in [0, 0.05) is 6.54 Å². The second-order valence-electron chi connectivity index (χ2n) is 5.16. The first-order chi connectivity index (χ1) is 11.2. The molecule has 2 aromatic rings. The highest BCUT2D eigenvalue weighted by atomic mass is 16.5. The first kappa shape index (κ1) is 15.1. The maximum Gasteiger partial charge on any atom is 0.261 e. The zero-order valence-corrected chi connectivity index (χ0v) is 12.8. The minimum absolute atomic E-state index is 0.233. The number of hydrogen-bond donors (Lipinski definition) is 0. The van der Waals surface area contributed by atoms with Crippen molar-refractivity contribution >= 4 is 11.8 Å². The normalized spacial score (nSPS) is 13.2. The third-order valence-electron chi connectivity index (χ3n) is 3.73. The summed E-state index contributed by atoms with van der Waals surface area (Å²) in [5.41, 5.74) is 0.950. The molecule has 1 heterocycles. The fraction of sp³-hybridized carbons (Fsp3) is 0.222. The van der Waals surface area contributed by atoms with Crippen LogP contribution in [0.2, 0.25) is 0 Å². The molecule has 2 aromatic carbocycles. The van der Waals surface area contributed by atoms with E-state index in [1.54, 1.807) is 31.4 Å². The molecule has 5 nitrogen and oxygen atoms in total. The number of ether oxygens (including phenoxy) is 2. The maximum atomic E-state index is 12.2. The first-order valence-electron chi connectivity index (χ1n) is 7.43. The van der Waals surface area contributed by atoms with Crippen LogP contribution in [0.15, 0.2) is 48.5 Å². The quantitative estimate of drug-likeness (QED) is 0.608. The Hall–Kier alpha value is -2.82. The number of carbonyl (C=O) groups excluding carboxylic acids is 2. The molecule has 0 unspecified atom stereocenters. The first-order valence-corrected chi connectivity index (χ1v) is 7.43. The number of amides is 2. The van der Waals surface area contributed by atoms with Crippen LogP contribution in [0, 0.1) is 0 Å². The fourth-order valence-corrected chi connectivity index (χ4v) is 2.59. The Labute approximate surface area is 134 Å². The van der Waals surface area contributed by atoms with Crippen molar-refractivity contribution in [2.75, 3.05) is 20.3 Å². The van der Waals surface area contributed by atoms with E-state index in [0.29, 0.717) is 42.2 Å². The summed E-state index contributed by atoms with van der Waals surface area (Å²) in [5.74, 6) is 0.844. The van der Waals surface area contributed by atoms with Crippen LogP contribution in [0.3, 0.4) is 0 Å². The molecule has 0 N–H and O–H groups in total. The van der Waals surface area contributed by atoms with Crippen molar-refractivity contribution in [2.24, 2.45) is 0 Å². The van der Waals surface area contributed by atoms with Gasteiger partial charge in [0.1, 0.15) is 0 Å². The summed E-state index contributed by atoms with van der Waals surface area (Å²) in [4.78, 5) is 25.7. The van der Waals surface area contributed by atoms with Gasteiger partial charge in [-0.1, -0.05) is 24.3 Å². The molecule has 1 aliphatic rings. The molecule has 0 aliphatic carbocycles. The second kappa shape index (κ2) is 6.52. The highest BCUT2D eigenvalue weighted by Gasteiger charge is 2.34. The predicted molar refractivity (Wildman–Crippen MR) is 84.9 cm³/mol. The molecule has 2 amide bonds. The predicted octanol–water partition coefficient (Wildman–Crippen LogP) is 2.76. The Bertz CT molecular complexity index is 706. The fourth-order valence-electron chi connectivity index (χ4n) is 2.59. The monoisotopic (exact) mass is 311 g/mol. The van der Waals surface area contributed by atoms with Gasteiger partial charge in [0.2, 0.25) is 0 Å². The second-order valence-corrected chi connectivity index (χ2v) is 5.16. The van der Waals surface area contributed by atoms with Gasteiger partial charge in [-0.15, -0.1) is 0 Å². The van der Waals surface area contributed by atoms with Crippen molar-refractivity contribution in [3.05, 3.63) is 59.7 Å². The van der Waals surface area contributed by atoms with Crippen LogP contribution >= 0.6 is 0 Å². The Morgan fingerprint density at radius 2 is 1.43 bits per heavy atom. The number of fused-ring (bicyclic) bond motifs is 1. The summed E-state index contributed by atoms with van der Waals surface area (Å²) in [6.07, 6.45) is 0.559. The molecule has 0 atom stereocenters. The van der Waals surface area contributed by atoms with Gasteiger partial charge >= 0.3 is 0 Å². The summed E-state index contributed by atoms with van der Waals surface area (Å²) < 4.78 is 10.9. The van der Waals surface area contributed by atoms with Crippen LogP contribution in [0.5, 0.6) is 11.5 Å². The van der Waals surface area contributed by atoms with Crippen LogP contribution in [0.25, 0.3) is 0 Å². The van der Waals surface area contributed by atoms with E-state index in [9.17, 15) is 9.59 Å². The van der Waals surface area contributed by atoms with Gasteiger partial charge in [0.05, 0.1) is 24.8 Å². The Balaban J connectivity index is 1.56. The van der Waals surface area contributed by atoms with Crippen LogP contribution < -0.4 is 9.47 Å². The Kier molecular flexibility index (Phi) is 4.28. The number of hydrogen-bond acceptors (Lipinski definition) is 4. The minimum Gasteiger partial charge on any atom is -0.493 e. The molecule has 5 heteroatoms. The number of para-hydroxylation sites is 2. The molecule has 0 saturated heterocycles. The average Bonchev–Trinajstić information content (AvgIpc) is 2.84. The highest BCUT2D eigenvalue weighted by molar-refractivity contribution is 6.21. The maximum absolute atomic E-state index is 12.2. The Morgan fingerprint density at radius 1 is 0.870 bits per heavy atom. The lowest BCUT2D eigenvalue weighted by Crippen LogP contribution is -2.31. The van der Waals surface area contributed by atoms with Crippen molar-refractivity contribution in [2.45, 2.75) is 6.42 Å². The van der Waals surface area contributed by atoms with Gasteiger partial charge in [-0.3, -0.25) is 14.5 Å². The van der Waals surface area contributed by atoms with Gasteiger partial charge in [-0.25, -0.2) is 0 Å². The number of carbonyl (C=O) groups is 2. The molecule has 0 aromatic heterocycles. The molecule has 23 heavy (non-hydrogen) atoms. The van der Waals surface area contributed by atoms with Crippen molar-refractivity contribution < 1.29 is 19.1 Å². The van der Waals surface area contributed by atoms with Crippen molar-refractivity contribution in [3.63, 3.8) is 0 Å². The van der Waals surface area contributed by atoms with E-state index >= 15 is 0 Å². The van der Waals surface area contributed by atoms with Crippen LogP contribution in [-0.4, -0.2) is 37.0 Å². The molecule has 3 rings (SSSR count). The lowest BCUT2D eigenvalue weighted by Gasteiger charge is -2.14. The standard InChI is InChI=1S/C18H17NO4/c1-22-15-9-4-5-10-16(15)23-12-6-11-19-17(20)13-7-2-3-8-14(13)18(19)21/h2-5,7-10H,6,11-12H2,1H3. The molecule has 0 fully saturated rings. The zero-order valence-electron chi connectivity index (χ0n) is 12.8. The van der Waals surface area contributed by atoms with E-state index in [0.717, 1.165) is 0 Å². The Morgan fingerprint density at radius 3 is 2.04 bits per heavy atom. The molecular formula is C18H17NO4. The molecule has 0 radical (unpaired) electrons. The summed E-state index contributed by atoms with van der Waals surface area (Å²) in [7, 11) is 1.58. The van der Waals surface area contributed by atoms with Crippen LogP contribution in [0.4, 0.5) is 0 Å². The van der Waals surface area contributed by atoms with E-state index in [2.05, 4.69) is 0 Å². The number of benzene rings is 2. The minimum atomic E-state index is -0.233. The highest BCUT2D eigenvalue weighted by Crippen LogP contribution is 2.26. The van der Waals surface area contributed by atoms with Crippen molar-refractivity contribution in [1.82, 2.24) is 4.90 Å². The molecule has 0 bridgehead atoms. The van der Waals surface area contributed by atoms with Gasteiger partial charge in [0.25, 0.3) is 11.8 Å². The molecule has 1 aliphatic heterocycles. The van der Waals surface area contributed by atoms with Crippen LogP contribution in [0.1, 0.15) is 27.1 Å². The lowest BCUT2D eigenvalue weighted by molar-refractivity contribution is 0.0646.